The van der Waals surface area contributed by atoms with Crippen LogP contribution in [-0.2, 0) is 20.8 Å². The summed E-state index contributed by atoms with van der Waals surface area (Å²) in [4.78, 5) is 25.0. The van der Waals surface area contributed by atoms with Crippen LogP contribution in [-0.4, -0.2) is 51.7 Å². The van der Waals surface area contributed by atoms with E-state index in [4.69, 9.17) is 9.47 Å². The number of ether oxygens (including phenoxy) is 2. The van der Waals surface area contributed by atoms with Crippen LogP contribution in [0.25, 0.3) is 22.0 Å². The summed E-state index contributed by atoms with van der Waals surface area (Å²) in [6.07, 6.45) is -1.66. The van der Waals surface area contributed by atoms with E-state index in [1.54, 1.807) is 31.5 Å². The summed E-state index contributed by atoms with van der Waals surface area (Å²) in [6, 6.07) is 23.4. The maximum atomic E-state index is 12.6. The van der Waals surface area contributed by atoms with E-state index in [2.05, 4.69) is 17.4 Å². The number of rotatable bonds is 8. The Bertz CT molecular complexity index is 1490. The van der Waals surface area contributed by atoms with Gasteiger partial charge in [-0.05, 0) is 49.1 Å². The number of aromatic nitrogens is 1. The van der Waals surface area contributed by atoms with Gasteiger partial charge in [-0.25, -0.2) is 4.79 Å². The molecule has 3 aromatic carbocycles. The van der Waals surface area contributed by atoms with Crippen LogP contribution in [0.4, 0.5) is 4.79 Å². The van der Waals surface area contributed by atoms with Gasteiger partial charge < -0.3 is 29.6 Å². The largest absolute Gasteiger partial charge is 0.459 e. The maximum absolute atomic E-state index is 12.6. The monoisotopic (exact) mass is 542 g/mol. The third-order valence-electron chi connectivity index (χ3n) is 7.02. The number of carbonyl (C=O) groups is 2. The Morgan fingerprint density at radius 1 is 0.925 bits per heavy atom. The van der Waals surface area contributed by atoms with E-state index in [9.17, 15) is 19.8 Å². The van der Waals surface area contributed by atoms with Crippen LogP contribution >= 0.6 is 0 Å². The van der Waals surface area contributed by atoms with Crippen molar-refractivity contribution in [1.29, 1.82) is 0 Å². The molecule has 1 heterocycles. The smallest absolute Gasteiger partial charge is 0.407 e. The van der Waals surface area contributed by atoms with Gasteiger partial charge >= 0.3 is 12.1 Å². The summed E-state index contributed by atoms with van der Waals surface area (Å²) in [5, 5.41) is 25.0. The van der Waals surface area contributed by atoms with Crippen LogP contribution in [0.1, 0.15) is 49.5 Å². The Balaban J connectivity index is 1.21. The van der Waals surface area contributed by atoms with Crippen LogP contribution in [0.15, 0.2) is 79.0 Å². The van der Waals surface area contributed by atoms with E-state index in [-0.39, 0.29) is 25.6 Å². The molecule has 3 N–H and O–H groups in total. The van der Waals surface area contributed by atoms with Crippen molar-refractivity contribution in [2.45, 2.75) is 51.0 Å². The second kappa shape index (κ2) is 11.2. The highest BCUT2D eigenvalue weighted by atomic mass is 16.6. The summed E-state index contributed by atoms with van der Waals surface area (Å²) in [6.45, 7) is 5.29. The number of nitrogens with one attached hydrogen (secondary N) is 1. The topological polar surface area (TPSA) is 110 Å². The zero-order valence-electron chi connectivity index (χ0n) is 22.8. The fourth-order valence-electron chi connectivity index (χ4n) is 5.31. The first kappa shape index (κ1) is 27.4. The van der Waals surface area contributed by atoms with Gasteiger partial charge in [-0.1, -0.05) is 66.7 Å². The zero-order valence-corrected chi connectivity index (χ0v) is 22.8. The van der Waals surface area contributed by atoms with Crippen molar-refractivity contribution >= 4 is 23.0 Å². The fraction of sp³-hybridized carbons (Fsp3) is 0.312. The molecule has 0 radical (unpaired) electrons. The van der Waals surface area contributed by atoms with Crippen LogP contribution in [0.5, 0.6) is 0 Å². The van der Waals surface area contributed by atoms with Gasteiger partial charge in [0, 0.05) is 35.1 Å². The van der Waals surface area contributed by atoms with Gasteiger partial charge in [0.2, 0.25) is 0 Å². The molecule has 1 aliphatic carbocycles. The molecule has 0 spiro atoms. The van der Waals surface area contributed by atoms with Gasteiger partial charge in [0.15, 0.2) is 0 Å². The lowest BCUT2D eigenvalue weighted by atomic mass is 9.98. The summed E-state index contributed by atoms with van der Waals surface area (Å²) >= 11 is 0. The quantitative estimate of drug-likeness (QED) is 0.273. The molecule has 0 bridgehead atoms. The van der Waals surface area contributed by atoms with Gasteiger partial charge in [-0.15, -0.1) is 0 Å². The first-order chi connectivity index (χ1) is 19.1. The minimum atomic E-state index is -1.31. The van der Waals surface area contributed by atoms with Crippen molar-refractivity contribution in [3.8, 4) is 11.1 Å². The minimum absolute atomic E-state index is 0.0431. The second-order valence-corrected chi connectivity index (χ2v) is 11.0. The molecule has 0 aliphatic heterocycles. The highest BCUT2D eigenvalue weighted by molar-refractivity contribution is 5.86. The van der Waals surface area contributed by atoms with Gasteiger partial charge in [-0.2, -0.15) is 0 Å². The predicted octanol–water partition coefficient (Wildman–Crippen LogP) is 4.92. The molecule has 40 heavy (non-hydrogen) atoms. The van der Waals surface area contributed by atoms with Crippen molar-refractivity contribution in [2.75, 3.05) is 13.2 Å². The molecule has 0 fully saturated rings. The van der Waals surface area contributed by atoms with Gasteiger partial charge in [-0.3, -0.25) is 4.79 Å². The number of alkyl carbamates (subject to hydrolysis) is 1. The molecular weight excluding hydrogens is 508 g/mol. The number of hydrogen-bond donors (Lipinski definition) is 3. The Morgan fingerprint density at radius 3 is 2.17 bits per heavy atom. The molecule has 208 valence electrons. The summed E-state index contributed by atoms with van der Waals surface area (Å²) in [5.41, 5.74) is 5.03. The maximum Gasteiger partial charge on any atom is 0.407 e. The number of benzene rings is 3. The molecule has 8 heteroatoms. The summed E-state index contributed by atoms with van der Waals surface area (Å²) in [7, 11) is 0. The predicted molar refractivity (Wildman–Crippen MR) is 152 cm³/mol. The van der Waals surface area contributed by atoms with Crippen LogP contribution < -0.4 is 5.32 Å². The Hall–Kier alpha value is -4.14. The lowest BCUT2D eigenvalue weighted by Gasteiger charge is -2.20. The molecule has 0 saturated heterocycles. The molecule has 2 unspecified atom stereocenters. The van der Waals surface area contributed by atoms with Crippen molar-refractivity contribution in [3.05, 3.63) is 95.7 Å². The number of nitrogens with zero attached hydrogens (tertiary/aromatic N) is 1. The molecule has 4 aromatic rings. The van der Waals surface area contributed by atoms with E-state index in [0.717, 1.165) is 27.8 Å². The zero-order chi connectivity index (χ0) is 28.4. The first-order valence-corrected chi connectivity index (χ1v) is 13.4. The van der Waals surface area contributed by atoms with E-state index in [1.807, 2.05) is 60.7 Å². The number of aliphatic hydroxyl groups is 2. The van der Waals surface area contributed by atoms with Crippen molar-refractivity contribution < 1.29 is 29.3 Å². The Labute approximate surface area is 233 Å². The number of aliphatic hydroxyl groups excluding tert-OH is 2. The number of para-hydroxylation sites is 1. The number of esters is 1. The molecule has 8 nitrogen and oxygen atoms in total. The Kier molecular flexibility index (Phi) is 7.65. The van der Waals surface area contributed by atoms with Crippen molar-refractivity contribution in [2.24, 2.45) is 0 Å². The summed E-state index contributed by atoms with van der Waals surface area (Å²) in [5.74, 6) is -0.489. The minimum Gasteiger partial charge on any atom is -0.459 e. The lowest BCUT2D eigenvalue weighted by molar-refractivity contribution is -0.155. The molecular formula is C32H34N2O6. The normalized spacial score (nSPS) is 14.3. The molecule has 1 aromatic heterocycles. The van der Waals surface area contributed by atoms with Gasteiger partial charge in [0.25, 0.3) is 0 Å². The molecule has 0 saturated carbocycles. The fourth-order valence-corrected chi connectivity index (χ4v) is 5.31. The average molecular weight is 543 g/mol. The molecule has 1 aliphatic rings. The molecule has 2 atom stereocenters. The second-order valence-electron chi connectivity index (χ2n) is 11.0. The third kappa shape index (κ3) is 5.73. The standard InChI is InChI=1S/C32H34N2O6/c1-32(2,3)40-29(36)18-34-17-25(24-14-8-9-15-27(24)34)30(37)28(35)16-33-31(38)39-19-26-22-12-6-4-10-20(22)21-11-5-7-13-23(21)26/h4-15,17,26,28,30,35,37H,16,18-19H2,1-3H3,(H,33,38). The van der Waals surface area contributed by atoms with Gasteiger partial charge in [0.05, 0.1) is 0 Å². The highest BCUT2D eigenvalue weighted by Crippen LogP contribution is 2.44. The number of hydrogen-bond acceptors (Lipinski definition) is 6. The number of carbonyl (C=O) groups excluding carboxylic acids is 2. The molecule has 5 rings (SSSR count). The lowest BCUT2D eigenvalue weighted by Crippen LogP contribution is -2.36. The first-order valence-electron chi connectivity index (χ1n) is 13.4. The highest BCUT2D eigenvalue weighted by Gasteiger charge is 2.29. The Morgan fingerprint density at radius 2 is 1.52 bits per heavy atom. The summed E-state index contributed by atoms with van der Waals surface area (Å²) < 4.78 is 12.7. The van der Waals surface area contributed by atoms with Crippen LogP contribution in [0.3, 0.4) is 0 Å². The number of fused-ring (bicyclic) bond motifs is 4. The molecule has 1 amide bonds. The van der Waals surface area contributed by atoms with Crippen molar-refractivity contribution in [3.63, 3.8) is 0 Å². The van der Waals surface area contributed by atoms with Crippen LogP contribution in [0.2, 0.25) is 0 Å². The number of amides is 1. The van der Waals surface area contributed by atoms with E-state index in [1.165, 1.54) is 0 Å². The third-order valence-corrected chi connectivity index (χ3v) is 7.02. The van der Waals surface area contributed by atoms with Gasteiger partial charge in [0.1, 0.15) is 31.0 Å². The van der Waals surface area contributed by atoms with E-state index < -0.39 is 29.9 Å². The van der Waals surface area contributed by atoms with Crippen molar-refractivity contribution in [1.82, 2.24) is 9.88 Å². The van der Waals surface area contributed by atoms with E-state index >= 15 is 0 Å². The van der Waals surface area contributed by atoms with Crippen LogP contribution in [0, 0.1) is 0 Å². The van der Waals surface area contributed by atoms with E-state index in [0.29, 0.717) is 10.9 Å². The average Bonchev–Trinajstić information content (AvgIpc) is 3.45. The SMILES string of the molecule is CC(C)(C)OC(=O)Cn1cc(C(O)C(O)CNC(=O)OCC2c3ccccc3-c3ccccc32)c2ccccc21.